The molecule has 0 spiro atoms. The molecule has 0 aromatic rings. The highest BCUT2D eigenvalue weighted by atomic mass is 16.5. The van der Waals surface area contributed by atoms with Gasteiger partial charge in [-0.15, -0.1) is 0 Å². The molecule has 3 heteroatoms. The normalized spacial score (nSPS) is 12.8. The lowest BCUT2D eigenvalue weighted by Crippen LogP contribution is -2.16. The number of methoxy groups -OCH3 is 1. The average molecular weight is 188 g/mol. The maximum atomic E-state index is 10.9. The van der Waals surface area contributed by atoms with Gasteiger partial charge in [0.25, 0.3) is 0 Å². The van der Waals surface area contributed by atoms with Gasteiger partial charge < -0.3 is 9.47 Å². The summed E-state index contributed by atoms with van der Waals surface area (Å²) in [4.78, 5) is 10.9. The van der Waals surface area contributed by atoms with Crippen LogP contribution in [0.2, 0.25) is 0 Å². The maximum Gasteiger partial charge on any atom is 0.183 e. The van der Waals surface area contributed by atoms with Crippen LogP contribution in [0.1, 0.15) is 26.7 Å². The van der Waals surface area contributed by atoms with Crippen molar-refractivity contribution in [3.8, 4) is 0 Å². The van der Waals surface area contributed by atoms with Gasteiger partial charge in [-0.3, -0.25) is 4.79 Å². The van der Waals surface area contributed by atoms with Crippen molar-refractivity contribution in [3.05, 3.63) is 0 Å². The highest BCUT2D eigenvalue weighted by Crippen LogP contribution is 2.04. The minimum absolute atomic E-state index is 0.00574. The van der Waals surface area contributed by atoms with Crippen LogP contribution in [0.5, 0.6) is 0 Å². The Balaban J connectivity index is 3.28. The molecule has 1 unspecified atom stereocenters. The van der Waals surface area contributed by atoms with E-state index in [4.69, 9.17) is 4.74 Å². The van der Waals surface area contributed by atoms with Crippen molar-refractivity contribution in [2.45, 2.75) is 26.7 Å². The second-order valence-corrected chi connectivity index (χ2v) is 3.38. The molecule has 0 aromatic heterocycles. The largest absolute Gasteiger partial charge is 0.377 e. The van der Waals surface area contributed by atoms with E-state index in [2.05, 4.69) is 18.6 Å². The smallest absolute Gasteiger partial charge is 0.183 e. The highest BCUT2D eigenvalue weighted by Gasteiger charge is 2.04. The van der Waals surface area contributed by atoms with E-state index in [0.717, 1.165) is 12.8 Å². The standard InChI is InChI=1S/C10H20O3/c1-4-5-9(2)6-13-8-10(11)7-12-3/h9H,4-8H2,1-3H3. The van der Waals surface area contributed by atoms with Crippen LogP contribution in [0.4, 0.5) is 0 Å². The second kappa shape index (κ2) is 8.20. The van der Waals surface area contributed by atoms with Gasteiger partial charge >= 0.3 is 0 Å². The Labute approximate surface area is 80.4 Å². The Hall–Kier alpha value is -0.410. The molecule has 0 heterocycles. The number of ketones is 1. The van der Waals surface area contributed by atoms with Gasteiger partial charge in [0.15, 0.2) is 5.78 Å². The lowest BCUT2D eigenvalue weighted by Gasteiger charge is -2.09. The molecule has 0 aliphatic carbocycles. The summed E-state index contributed by atoms with van der Waals surface area (Å²) in [6.45, 7) is 5.28. The van der Waals surface area contributed by atoms with Crippen LogP contribution in [0, 0.1) is 5.92 Å². The molecule has 0 N–H and O–H groups in total. The second-order valence-electron chi connectivity index (χ2n) is 3.38. The summed E-state index contributed by atoms with van der Waals surface area (Å²) < 4.78 is 9.91. The van der Waals surface area contributed by atoms with Gasteiger partial charge in [-0.05, 0) is 12.3 Å². The van der Waals surface area contributed by atoms with Gasteiger partial charge in [0, 0.05) is 13.7 Å². The van der Waals surface area contributed by atoms with E-state index in [1.54, 1.807) is 0 Å². The molecule has 0 rings (SSSR count). The Morgan fingerprint density at radius 2 is 2.08 bits per heavy atom. The number of hydrogen-bond acceptors (Lipinski definition) is 3. The zero-order chi connectivity index (χ0) is 10.1. The van der Waals surface area contributed by atoms with E-state index in [9.17, 15) is 4.79 Å². The van der Waals surface area contributed by atoms with Gasteiger partial charge in [-0.2, -0.15) is 0 Å². The first-order valence-electron chi connectivity index (χ1n) is 4.79. The topological polar surface area (TPSA) is 35.5 Å². The summed E-state index contributed by atoms with van der Waals surface area (Å²) in [5.74, 6) is 0.548. The fourth-order valence-corrected chi connectivity index (χ4v) is 1.15. The third kappa shape index (κ3) is 7.94. The minimum atomic E-state index is 0.00574. The fourth-order valence-electron chi connectivity index (χ4n) is 1.15. The van der Waals surface area contributed by atoms with Gasteiger partial charge in [0.1, 0.15) is 13.2 Å². The van der Waals surface area contributed by atoms with Gasteiger partial charge in [0.2, 0.25) is 0 Å². The number of Topliss-reactive ketones (excluding diaryl/α,β-unsaturated/α-hetero) is 1. The molecule has 1 atom stereocenters. The molecule has 0 fully saturated rings. The summed E-state index contributed by atoms with van der Waals surface area (Å²) in [5, 5.41) is 0. The van der Waals surface area contributed by atoms with Crippen LogP contribution in [0.25, 0.3) is 0 Å². The third-order valence-electron chi connectivity index (χ3n) is 1.75. The minimum Gasteiger partial charge on any atom is -0.377 e. The van der Waals surface area contributed by atoms with Crippen LogP contribution in [0.15, 0.2) is 0 Å². The van der Waals surface area contributed by atoms with Crippen molar-refractivity contribution in [2.24, 2.45) is 5.92 Å². The van der Waals surface area contributed by atoms with Crippen molar-refractivity contribution in [2.75, 3.05) is 26.9 Å². The van der Waals surface area contributed by atoms with Crippen molar-refractivity contribution in [3.63, 3.8) is 0 Å². The zero-order valence-electron chi connectivity index (χ0n) is 8.84. The lowest BCUT2D eigenvalue weighted by atomic mass is 10.1. The molecule has 3 nitrogen and oxygen atoms in total. The lowest BCUT2D eigenvalue weighted by molar-refractivity contribution is -0.127. The average Bonchev–Trinajstić information content (AvgIpc) is 2.05. The first kappa shape index (κ1) is 12.6. The molecule has 0 radical (unpaired) electrons. The Morgan fingerprint density at radius 1 is 1.38 bits per heavy atom. The first-order chi connectivity index (χ1) is 6.20. The van der Waals surface area contributed by atoms with Crippen molar-refractivity contribution in [1.82, 2.24) is 0 Å². The maximum absolute atomic E-state index is 10.9. The van der Waals surface area contributed by atoms with Crippen molar-refractivity contribution >= 4 is 5.78 Å². The predicted molar refractivity (Wildman–Crippen MR) is 51.8 cm³/mol. The Bertz CT molecular complexity index is 134. The SMILES string of the molecule is CCCC(C)COCC(=O)COC. The number of carbonyl (C=O) groups excluding carboxylic acids is 1. The van der Waals surface area contributed by atoms with Crippen LogP contribution >= 0.6 is 0 Å². The number of carbonyl (C=O) groups is 1. The van der Waals surface area contributed by atoms with Gasteiger partial charge in [-0.1, -0.05) is 20.3 Å². The number of rotatable bonds is 8. The highest BCUT2D eigenvalue weighted by molar-refractivity contribution is 5.80. The summed E-state index contributed by atoms with van der Waals surface area (Å²) in [6.07, 6.45) is 2.31. The summed E-state index contributed by atoms with van der Waals surface area (Å²) >= 11 is 0. The molecule has 0 bridgehead atoms. The predicted octanol–water partition coefficient (Wildman–Crippen LogP) is 1.65. The summed E-state index contributed by atoms with van der Waals surface area (Å²) in [7, 11) is 1.51. The van der Waals surface area contributed by atoms with Gasteiger partial charge in [-0.25, -0.2) is 0 Å². The van der Waals surface area contributed by atoms with Crippen LogP contribution < -0.4 is 0 Å². The molecule has 0 aliphatic rings. The molecule has 78 valence electrons. The third-order valence-corrected chi connectivity index (χ3v) is 1.75. The number of ether oxygens (including phenoxy) is 2. The van der Waals surface area contributed by atoms with Crippen LogP contribution in [-0.2, 0) is 14.3 Å². The Morgan fingerprint density at radius 3 is 2.62 bits per heavy atom. The molecular formula is C10H20O3. The van der Waals surface area contributed by atoms with E-state index in [1.807, 2.05) is 0 Å². The van der Waals surface area contributed by atoms with Crippen molar-refractivity contribution in [1.29, 1.82) is 0 Å². The van der Waals surface area contributed by atoms with E-state index in [-0.39, 0.29) is 19.0 Å². The van der Waals surface area contributed by atoms with Crippen LogP contribution in [0.3, 0.4) is 0 Å². The molecule has 0 aliphatic heterocycles. The zero-order valence-corrected chi connectivity index (χ0v) is 8.84. The Kier molecular flexibility index (Phi) is 7.94. The van der Waals surface area contributed by atoms with E-state index in [0.29, 0.717) is 12.5 Å². The van der Waals surface area contributed by atoms with Crippen LogP contribution in [-0.4, -0.2) is 32.7 Å². The molecule has 0 saturated heterocycles. The summed E-state index contributed by atoms with van der Waals surface area (Å²) in [6, 6.07) is 0. The first-order valence-corrected chi connectivity index (χ1v) is 4.79. The molecule has 13 heavy (non-hydrogen) atoms. The van der Waals surface area contributed by atoms with Crippen molar-refractivity contribution < 1.29 is 14.3 Å². The van der Waals surface area contributed by atoms with Gasteiger partial charge in [0.05, 0.1) is 0 Å². The molecule has 0 aromatic carbocycles. The van der Waals surface area contributed by atoms with E-state index in [1.165, 1.54) is 7.11 Å². The molecule has 0 amide bonds. The monoisotopic (exact) mass is 188 g/mol. The number of hydrogen-bond donors (Lipinski definition) is 0. The molecule has 0 saturated carbocycles. The van der Waals surface area contributed by atoms with E-state index < -0.39 is 0 Å². The fraction of sp³-hybridized carbons (Fsp3) is 0.900. The quantitative estimate of drug-likeness (QED) is 0.581. The summed E-state index contributed by atoms with van der Waals surface area (Å²) in [5.41, 5.74) is 0. The molecular weight excluding hydrogens is 168 g/mol. The van der Waals surface area contributed by atoms with E-state index >= 15 is 0 Å².